The first-order valence-electron chi connectivity index (χ1n) is 8.45. The molecular weight excluding hydrogens is 300 g/mol. The summed E-state index contributed by atoms with van der Waals surface area (Å²) >= 11 is 0. The van der Waals surface area contributed by atoms with Gasteiger partial charge in [0.1, 0.15) is 0 Å². The molecule has 2 N–H and O–H groups in total. The van der Waals surface area contributed by atoms with E-state index in [0.29, 0.717) is 6.79 Å². The molecule has 4 heteroatoms. The standard InChI is InChI=1S/C20H20N2O2/c1-11-7-12(2)18-15(8-11)14-5-6-21-19(20(14)22-18)13-3-4-16-17(9-13)24-10-23-16/h3-4,7-9,19,21-22H,5-6,10H2,1-2H3. The van der Waals surface area contributed by atoms with E-state index < -0.39 is 0 Å². The van der Waals surface area contributed by atoms with Gasteiger partial charge >= 0.3 is 0 Å². The first-order valence-corrected chi connectivity index (χ1v) is 8.45. The Balaban J connectivity index is 1.67. The summed E-state index contributed by atoms with van der Waals surface area (Å²) in [7, 11) is 0. The summed E-state index contributed by atoms with van der Waals surface area (Å²) in [5.41, 5.74) is 7.83. The molecule has 0 saturated carbocycles. The quantitative estimate of drug-likeness (QED) is 0.718. The lowest BCUT2D eigenvalue weighted by Gasteiger charge is -2.25. The molecule has 0 saturated heterocycles. The molecule has 0 radical (unpaired) electrons. The molecule has 3 aromatic rings. The highest BCUT2D eigenvalue weighted by molar-refractivity contribution is 5.88. The third-order valence-electron chi connectivity index (χ3n) is 5.13. The highest BCUT2D eigenvalue weighted by Crippen LogP contribution is 2.39. The average Bonchev–Trinajstić information content (AvgIpc) is 3.18. The molecule has 0 spiro atoms. The van der Waals surface area contributed by atoms with E-state index in [1.54, 1.807) is 0 Å². The van der Waals surface area contributed by atoms with Gasteiger partial charge in [-0.05, 0) is 55.2 Å². The van der Waals surface area contributed by atoms with E-state index in [2.05, 4.69) is 48.4 Å². The number of aromatic amines is 1. The zero-order valence-corrected chi connectivity index (χ0v) is 13.9. The second-order valence-electron chi connectivity index (χ2n) is 6.77. The molecule has 24 heavy (non-hydrogen) atoms. The Hall–Kier alpha value is -2.46. The zero-order chi connectivity index (χ0) is 16.3. The number of fused-ring (bicyclic) bond motifs is 4. The monoisotopic (exact) mass is 320 g/mol. The Bertz CT molecular complexity index is 958. The van der Waals surface area contributed by atoms with E-state index >= 15 is 0 Å². The van der Waals surface area contributed by atoms with E-state index in [0.717, 1.165) is 24.5 Å². The van der Waals surface area contributed by atoms with Crippen molar-refractivity contribution in [3.05, 3.63) is 58.3 Å². The molecule has 122 valence electrons. The van der Waals surface area contributed by atoms with Crippen LogP contribution in [0.25, 0.3) is 10.9 Å². The van der Waals surface area contributed by atoms with Gasteiger partial charge in [0.25, 0.3) is 0 Å². The van der Waals surface area contributed by atoms with Gasteiger partial charge in [-0.3, -0.25) is 0 Å². The smallest absolute Gasteiger partial charge is 0.231 e. The normalized spacial score (nSPS) is 18.8. The minimum absolute atomic E-state index is 0.162. The van der Waals surface area contributed by atoms with Crippen LogP contribution in [-0.2, 0) is 6.42 Å². The van der Waals surface area contributed by atoms with Crippen LogP contribution in [0.2, 0.25) is 0 Å². The fourth-order valence-corrected chi connectivity index (χ4v) is 4.06. The Morgan fingerprint density at radius 1 is 1.04 bits per heavy atom. The highest BCUT2D eigenvalue weighted by atomic mass is 16.7. The van der Waals surface area contributed by atoms with Crippen molar-refractivity contribution in [2.24, 2.45) is 0 Å². The molecule has 0 fully saturated rings. The van der Waals surface area contributed by atoms with Crippen LogP contribution in [0.15, 0.2) is 30.3 Å². The van der Waals surface area contributed by atoms with Gasteiger partial charge in [0.15, 0.2) is 11.5 Å². The van der Waals surface area contributed by atoms with Crippen molar-refractivity contribution in [1.29, 1.82) is 0 Å². The largest absolute Gasteiger partial charge is 0.454 e. The molecule has 0 amide bonds. The number of hydrogen-bond donors (Lipinski definition) is 2. The van der Waals surface area contributed by atoms with Crippen molar-refractivity contribution >= 4 is 10.9 Å². The van der Waals surface area contributed by atoms with Crippen LogP contribution in [0.5, 0.6) is 11.5 Å². The lowest BCUT2D eigenvalue weighted by atomic mass is 9.93. The van der Waals surface area contributed by atoms with Crippen LogP contribution in [-0.4, -0.2) is 18.3 Å². The van der Waals surface area contributed by atoms with E-state index in [-0.39, 0.29) is 6.04 Å². The van der Waals surface area contributed by atoms with E-state index in [9.17, 15) is 0 Å². The number of ether oxygens (including phenoxy) is 2. The molecule has 3 heterocycles. The molecule has 2 aliphatic rings. The molecule has 0 bridgehead atoms. The van der Waals surface area contributed by atoms with E-state index in [1.807, 2.05) is 6.07 Å². The Labute approximate surface area is 140 Å². The van der Waals surface area contributed by atoms with Gasteiger partial charge in [-0.1, -0.05) is 17.7 Å². The molecule has 2 aromatic carbocycles. The predicted molar refractivity (Wildman–Crippen MR) is 93.9 cm³/mol. The Kier molecular flexibility index (Phi) is 2.91. The summed E-state index contributed by atoms with van der Waals surface area (Å²) in [5.74, 6) is 1.67. The lowest BCUT2D eigenvalue weighted by Crippen LogP contribution is -2.30. The van der Waals surface area contributed by atoms with Crippen LogP contribution in [0.3, 0.4) is 0 Å². The molecule has 1 atom stereocenters. The zero-order valence-electron chi connectivity index (χ0n) is 13.9. The maximum Gasteiger partial charge on any atom is 0.231 e. The Morgan fingerprint density at radius 2 is 1.92 bits per heavy atom. The molecule has 0 aliphatic carbocycles. The van der Waals surface area contributed by atoms with Crippen molar-refractivity contribution in [2.75, 3.05) is 13.3 Å². The van der Waals surface area contributed by atoms with E-state index in [4.69, 9.17) is 9.47 Å². The summed E-state index contributed by atoms with van der Waals surface area (Å²) in [5, 5.41) is 5.02. The van der Waals surface area contributed by atoms with Crippen LogP contribution >= 0.6 is 0 Å². The van der Waals surface area contributed by atoms with Gasteiger partial charge in [-0.25, -0.2) is 0 Å². The van der Waals surface area contributed by atoms with Crippen molar-refractivity contribution in [2.45, 2.75) is 26.3 Å². The second kappa shape index (κ2) is 5.02. The number of benzene rings is 2. The minimum atomic E-state index is 0.162. The maximum absolute atomic E-state index is 5.55. The molecule has 1 unspecified atom stereocenters. The van der Waals surface area contributed by atoms with Crippen molar-refractivity contribution in [3.63, 3.8) is 0 Å². The first-order chi connectivity index (χ1) is 11.7. The molecule has 4 nitrogen and oxygen atoms in total. The van der Waals surface area contributed by atoms with Gasteiger partial charge in [0.2, 0.25) is 6.79 Å². The topological polar surface area (TPSA) is 46.3 Å². The molecular formula is C20H20N2O2. The summed E-state index contributed by atoms with van der Waals surface area (Å²) in [6, 6.07) is 10.9. The fourth-order valence-electron chi connectivity index (χ4n) is 4.06. The van der Waals surface area contributed by atoms with Crippen LogP contribution in [0.4, 0.5) is 0 Å². The SMILES string of the molecule is Cc1cc(C)c2[nH]c3c(c2c1)CCNC3c1ccc2c(c1)OCO2. The van der Waals surface area contributed by atoms with Crippen LogP contribution in [0.1, 0.15) is 34.0 Å². The number of nitrogens with one attached hydrogen (secondary N) is 2. The van der Waals surface area contributed by atoms with Gasteiger partial charge in [-0.15, -0.1) is 0 Å². The van der Waals surface area contributed by atoms with E-state index in [1.165, 1.54) is 38.9 Å². The van der Waals surface area contributed by atoms with Crippen LogP contribution in [0, 0.1) is 13.8 Å². The predicted octanol–water partition coefficient (Wildman–Crippen LogP) is 3.75. The molecule has 5 rings (SSSR count). The first kappa shape index (κ1) is 13.9. The van der Waals surface area contributed by atoms with Crippen molar-refractivity contribution < 1.29 is 9.47 Å². The number of aryl methyl sites for hydroxylation is 2. The molecule has 1 aromatic heterocycles. The highest BCUT2D eigenvalue weighted by Gasteiger charge is 2.27. The van der Waals surface area contributed by atoms with Crippen molar-refractivity contribution in [1.82, 2.24) is 10.3 Å². The second-order valence-corrected chi connectivity index (χ2v) is 6.77. The summed E-state index contributed by atoms with van der Waals surface area (Å²) in [6.07, 6.45) is 1.05. The number of rotatable bonds is 1. The third-order valence-corrected chi connectivity index (χ3v) is 5.13. The fraction of sp³-hybridized carbons (Fsp3) is 0.300. The van der Waals surface area contributed by atoms with Crippen LogP contribution < -0.4 is 14.8 Å². The maximum atomic E-state index is 5.55. The summed E-state index contributed by atoms with van der Waals surface area (Å²) in [6.45, 7) is 5.64. The lowest BCUT2D eigenvalue weighted by molar-refractivity contribution is 0.174. The van der Waals surface area contributed by atoms with Gasteiger partial charge < -0.3 is 19.8 Å². The summed E-state index contributed by atoms with van der Waals surface area (Å²) < 4.78 is 11.0. The summed E-state index contributed by atoms with van der Waals surface area (Å²) in [4.78, 5) is 3.69. The van der Waals surface area contributed by atoms with Gasteiger partial charge in [0.05, 0.1) is 6.04 Å². The van der Waals surface area contributed by atoms with Crippen molar-refractivity contribution in [3.8, 4) is 11.5 Å². The van der Waals surface area contributed by atoms with Gasteiger partial charge in [-0.2, -0.15) is 0 Å². The average molecular weight is 320 g/mol. The number of H-pyrrole nitrogens is 1. The molecule has 2 aliphatic heterocycles. The number of hydrogen-bond acceptors (Lipinski definition) is 3. The minimum Gasteiger partial charge on any atom is -0.454 e. The Morgan fingerprint density at radius 3 is 2.83 bits per heavy atom. The number of aromatic nitrogens is 1. The third kappa shape index (κ3) is 1.96. The van der Waals surface area contributed by atoms with Gasteiger partial charge in [0, 0.05) is 23.1 Å².